The van der Waals surface area contributed by atoms with E-state index in [1.165, 1.54) is 0 Å². The molecule has 2 aliphatic heterocycles. The van der Waals surface area contributed by atoms with Crippen LogP contribution in [0.2, 0.25) is 0 Å². The summed E-state index contributed by atoms with van der Waals surface area (Å²) in [4.78, 5) is 12.9. The van der Waals surface area contributed by atoms with Gasteiger partial charge in [-0.15, -0.1) is 0 Å². The van der Waals surface area contributed by atoms with Gasteiger partial charge in [0.2, 0.25) is 0 Å². The van der Waals surface area contributed by atoms with Gasteiger partial charge in [0.1, 0.15) is 0 Å². The first-order valence-corrected chi connectivity index (χ1v) is 8.45. The van der Waals surface area contributed by atoms with E-state index in [4.69, 9.17) is 5.11 Å². The Kier molecular flexibility index (Phi) is 4.27. The molecule has 2 heterocycles. The van der Waals surface area contributed by atoms with Gasteiger partial charge in [0.15, 0.2) is 9.84 Å². The topological polar surface area (TPSA) is 74.7 Å². The van der Waals surface area contributed by atoms with Gasteiger partial charge < -0.3 is 5.11 Å². The fourth-order valence-corrected chi connectivity index (χ4v) is 4.87. The molecule has 0 aromatic rings. The second kappa shape index (κ2) is 5.57. The van der Waals surface area contributed by atoms with Crippen molar-refractivity contribution in [1.29, 1.82) is 0 Å². The van der Waals surface area contributed by atoms with E-state index in [0.29, 0.717) is 5.75 Å². The van der Waals surface area contributed by atoms with Crippen LogP contribution in [0.15, 0.2) is 0 Å². The molecule has 0 radical (unpaired) electrons. The number of hydrogen-bond donors (Lipinski definition) is 1. The summed E-state index contributed by atoms with van der Waals surface area (Å²) in [6.07, 6.45) is 3.80. The maximum Gasteiger partial charge on any atom is 0.303 e. The minimum Gasteiger partial charge on any atom is -0.481 e. The molecule has 0 aromatic carbocycles. The van der Waals surface area contributed by atoms with E-state index in [1.54, 1.807) is 0 Å². The summed E-state index contributed by atoms with van der Waals surface area (Å²) < 4.78 is 23.3. The lowest BCUT2D eigenvalue weighted by atomic mass is 9.93. The quantitative estimate of drug-likeness (QED) is 0.822. The van der Waals surface area contributed by atoms with Gasteiger partial charge in [-0.25, -0.2) is 8.42 Å². The van der Waals surface area contributed by atoms with Gasteiger partial charge in [-0.2, -0.15) is 0 Å². The van der Waals surface area contributed by atoms with Crippen LogP contribution in [0.25, 0.3) is 0 Å². The van der Waals surface area contributed by atoms with Crippen molar-refractivity contribution >= 4 is 15.8 Å². The number of likely N-dealkylation sites (tertiary alicyclic amines) is 1. The van der Waals surface area contributed by atoms with Gasteiger partial charge in [0.05, 0.1) is 11.5 Å². The van der Waals surface area contributed by atoms with Crippen LogP contribution in [-0.2, 0) is 14.6 Å². The Morgan fingerprint density at radius 3 is 2.72 bits per heavy atom. The molecule has 0 aliphatic carbocycles. The highest BCUT2D eigenvalue weighted by atomic mass is 32.2. The molecular formula is C12H21NO4S. The van der Waals surface area contributed by atoms with Crippen LogP contribution in [-0.4, -0.2) is 55.0 Å². The molecule has 1 N–H and O–H groups in total. The molecular weight excluding hydrogens is 254 g/mol. The highest BCUT2D eigenvalue weighted by Gasteiger charge is 2.32. The van der Waals surface area contributed by atoms with Crippen LogP contribution in [0.5, 0.6) is 0 Å². The molecule has 2 atom stereocenters. The second-order valence-electron chi connectivity index (χ2n) is 5.51. The minimum absolute atomic E-state index is 0.111. The van der Waals surface area contributed by atoms with Crippen molar-refractivity contribution in [2.45, 2.75) is 38.1 Å². The average Bonchev–Trinajstić information content (AvgIpc) is 2.27. The lowest BCUT2D eigenvalue weighted by Gasteiger charge is -2.39. The monoisotopic (exact) mass is 275 g/mol. The summed E-state index contributed by atoms with van der Waals surface area (Å²) >= 11 is 0. The lowest BCUT2D eigenvalue weighted by molar-refractivity contribution is -0.138. The van der Waals surface area contributed by atoms with E-state index in [1.807, 2.05) is 0 Å². The average molecular weight is 275 g/mol. The van der Waals surface area contributed by atoms with E-state index in [-0.39, 0.29) is 24.1 Å². The largest absolute Gasteiger partial charge is 0.481 e. The van der Waals surface area contributed by atoms with Crippen LogP contribution in [0.3, 0.4) is 0 Å². The molecule has 5 nitrogen and oxygen atoms in total. The lowest BCUT2D eigenvalue weighted by Crippen LogP contribution is -2.48. The van der Waals surface area contributed by atoms with Crippen LogP contribution in [0, 0.1) is 5.92 Å². The number of sulfone groups is 1. The molecule has 2 unspecified atom stereocenters. The van der Waals surface area contributed by atoms with E-state index in [9.17, 15) is 13.2 Å². The van der Waals surface area contributed by atoms with Crippen molar-refractivity contribution in [3.05, 3.63) is 0 Å². The maximum absolute atomic E-state index is 11.6. The molecule has 0 saturated carbocycles. The van der Waals surface area contributed by atoms with Crippen LogP contribution in [0.1, 0.15) is 32.1 Å². The number of aliphatic carboxylic acids is 1. The predicted octanol–water partition coefficient (Wildman–Crippen LogP) is 0.750. The Hall–Kier alpha value is -0.620. The predicted molar refractivity (Wildman–Crippen MR) is 68.2 cm³/mol. The molecule has 0 aromatic heterocycles. The molecule has 0 amide bonds. The number of carbonyl (C=O) groups is 1. The third-order valence-corrected chi connectivity index (χ3v) is 5.77. The van der Waals surface area contributed by atoms with E-state index < -0.39 is 15.8 Å². The van der Waals surface area contributed by atoms with Crippen molar-refractivity contribution in [3.8, 4) is 0 Å². The van der Waals surface area contributed by atoms with Gasteiger partial charge in [0.25, 0.3) is 0 Å². The summed E-state index contributed by atoms with van der Waals surface area (Å²) in [5.74, 6) is 0.00174. The van der Waals surface area contributed by atoms with Crippen LogP contribution >= 0.6 is 0 Å². The zero-order valence-electron chi connectivity index (χ0n) is 10.5. The highest BCUT2D eigenvalue weighted by molar-refractivity contribution is 7.91. The van der Waals surface area contributed by atoms with Crippen LogP contribution in [0.4, 0.5) is 0 Å². The number of carboxylic acid groups (broad SMARTS) is 1. The molecule has 2 saturated heterocycles. The highest BCUT2D eigenvalue weighted by Crippen LogP contribution is 2.25. The first-order valence-electron chi connectivity index (χ1n) is 6.62. The number of carboxylic acids is 1. The Bertz CT molecular complexity index is 406. The number of rotatable bonds is 3. The van der Waals surface area contributed by atoms with Crippen molar-refractivity contribution in [2.75, 3.05) is 24.6 Å². The summed E-state index contributed by atoms with van der Waals surface area (Å²) in [6.45, 7) is 1.66. The van der Waals surface area contributed by atoms with Crippen molar-refractivity contribution in [2.24, 2.45) is 5.92 Å². The molecule has 2 rings (SSSR count). The Morgan fingerprint density at radius 2 is 2.06 bits per heavy atom. The summed E-state index contributed by atoms with van der Waals surface area (Å²) in [5, 5.41) is 8.83. The SMILES string of the molecule is O=C(O)CC1CCCN(C2CCCS(=O)(=O)C2)C1. The summed E-state index contributed by atoms with van der Waals surface area (Å²) in [5.41, 5.74) is 0. The number of hydrogen-bond acceptors (Lipinski definition) is 4. The van der Waals surface area contributed by atoms with E-state index in [2.05, 4.69) is 4.90 Å². The Labute approximate surface area is 108 Å². The molecule has 0 bridgehead atoms. The van der Waals surface area contributed by atoms with Gasteiger partial charge in [-0.1, -0.05) is 0 Å². The van der Waals surface area contributed by atoms with Gasteiger partial charge in [0, 0.05) is 19.0 Å². The van der Waals surface area contributed by atoms with E-state index >= 15 is 0 Å². The van der Waals surface area contributed by atoms with E-state index in [0.717, 1.165) is 38.8 Å². The van der Waals surface area contributed by atoms with Gasteiger partial charge in [-0.3, -0.25) is 9.69 Å². The molecule has 2 fully saturated rings. The standard InChI is InChI=1S/C12H21NO4S/c14-12(15)7-10-3-1-5-13(8-10)11-4-2-6-18(16,17)9-11/h10-11H,1-9H2,(H,14,15). The van der Waals surface area contributed by atoms with Crippen molar-refractivity contribution in [1.82, 2.24) is 4.90 Å². The second-order valence-corrected chi connectivity index (χ2v) is 7.74. The fraction of sp³-hybridized carbons (Fsp3) is 0.917. The smallest absolute Gasteiger partial charge is 0.303 e. The van der Waals surface area contributed by atoms with Crippen LogP contribution < -0.4 is 0 Å². The third-order valence-electron chi connectivity index (χ3n) is 3.97. The molecule has 104 valence electrons. The minimum atomic E-state index is -2.88. The van der Waals surface area contributed by atoms with Crippen molar-refractivity contribution < 1.29 is 18.3 Å². The fourth-order valence-electron chi connectivity index (χ4n) is 3.13. The van der Waals surface area contributed by atoms with Crippen molar-refractivity contribution in [3.63, 3.8) is 0 Å². The van der Waals surface area contributed by atoms with Gasteiger partial charge >= 0.3 is 5.97 Å². The number of nitrogens with zero attached hydrogens (tertiary/aromatic N) is 1. The Balaban J connectivity index is 1.94. The molecule has 18 heavy (non-hydrogen) atoms. The first kappa shape index (κ1) is 13.8. The Morgan fingerprint density at radius 1 is 1.28 bits per heavy atom. The maximum atomic E-state index is 11.6. The van der Waals surface area contributed by atoms with Gasteiger partial charge in [-0.05, 0) is 38.1 Å². The summed E-state index contributed by atoms with van der Waals surface area (Å²) in [6, 6.07) is 0.111. The summed E-state index contributed by atoms with van der Waals surface area (Å²) in [7, 11) is -2.88. The number of piperidine rings is 1. The zero-order valence-corrected chi connectivity index (χ0v) is 11.4. The zero-order chi connectivity index (χ0) is 13.2. The molecule has 2 aliphatic rings. The first-order chi connectivity index (χ1) is 8.46. The molecule has 6 heteroatoms. The third kappa shape index (κ3) is 3.68. The molecule has 0 spiro atoms. The normalized spacial score (nSPS) is 33.1.